The van der Waals surface area contributed by atoms with Crippen LogP contribution in [0.2, 0.25) is 0 Å². The zero-order valence-electron chi connectivity index (χ0n) is 6.67. The molecule has 3 nitrogen and oxygen atoms in total. The van der Waals surface area contributed by atoms with Crippen LogP contribution in [0.4, 0.5) is 8.78 Å². The van der Waals surface area contributed by atoms with Gasteiger partial charge in [0.15, 0.2) is 0 Å². The first-order valence-corrected chi connectivity index (χ1v) is 3.58. The van der Waals surface area contributed by atoms with Crippen LogP contribution in [0.3, 0.4) is 0 Å². The number of aryl methyl sites for hydroxylation is 1. The molecule has 0 unspecified atom stereocenters. The van der Waals surface area contributed by atoms with E-state index in [1.165, 1.54) is 10.9 Å². The molecule has 0 aliphatic rings. The Bertz CT molecular complexity index is 260. The standard InChI is InChI=1S/C7H10F2N2O/c1-5-4-11(2-3-12)10-6(5)7(8)9/h4,7,12H,2-3H2,1H3. The molecule has 0 atom stereocenters. The second-order valence-corrected chi connectivity index (χ2v) is 2.48. The number of aliphatic hydroxyl groups excluding tert-OH is 1. The van der Waals surface area contributed by atoms with E-state index in [-0.39, 0.29) is 18.8 Å². The highest BCUT2D eigenvalue weighted by molar-refractivity contribution is 5.15. The van der Waals surface area contributed by atoms with Gasteiger partial charge < -0.3 is 5.11 Å². The molecule has 1 rings (SSSR count). The van der Waals surface area contributed by atoms with Crippen molar-refractivity contribution in [1.82, 2.24) is 9.78 Å². The molecule has 1 N–H and O–H groups in total. The highest BCUT2D eigenvalue weighted by Gasteiger charge is 2.14. The summed E-state index contributed by atoms with van der Waals surface area (Å²) in [7, 11) is 0. The molecule has 1 aromatic rings. The van der Waals surface area contributed by atoms with E-state index >= 15 is 0 Å². The Morgan fingerprint density at radius 2 is 2.33 bits per heavy atom. The SMILES string of the molecule is Cc1cn(CCO)nc1C(F)F. The van der Waals surface area contributed by atoms with Crippen molar-refractivity contribution in [1.29, 1.82) is 0 Å². The second-order valence-electron chi connectivity index (χ2n) is 2.48. The Hall–Kier alpha value is -0.970. The van der Waals surface area contributed by atoms with Gasteiger partial charge in [0.1, 0.15) is 5.69 Å². The summed E-state index contributed by atoms with van der Waals surface area (Å²) in [6, 6.07) is 0. The van der Waals surface area contributed by atoms with Crippen molar-refractivity contribution in [3.8, 4) is 0 Å². The van der Waals surface area contributed by atoms with Crippen LogP contribution in [-0.4, -0.2) is 21.5 Å². The van der Waals surface area contributed by atoms with Crippen LogP contribution in [-0.2, 0) is 6.54 Å². The topological polar surface area (TPSA) is 38.0 Å². The monoisotopic (exact) mass is 176 g/mol. The lowest BCUT2D eigenvalue weighted by Gasteiger charge is -1.95. The first-order valence-electron chi connectivity index (χ1n) is 3.58. The molecular weight excluding hydrogens is 166 g/mol. The van der Waals surface area contributed by atoms with Crippen molar-refractivity contribution in [2.75, 3.05) is 6.61 Å². The van der Waals surface area contributed by atoms with Gasteiger partial charge >= 0.3 is 0 Å². The smallest absolute Gasteiger partial charge is 0.282 e. The molecule has 12 heavy (non-hydrogen) atoms. The molecule has 0 radical (unpaired) electrons. The van der Waals surface area contributed by atoms with Gasteiger partial charge in [0, 0.05) is 6.20 Å². The number of hydrogen-bond acceptors (Lipinski definition) is 2. The van der Waals surface area contributed by atoms with Crippen molar-refractivity contribution in [3.05, 3.63) is 17.5 Å². The molecule has 1 aromatic heterocycles. The average Bonchev–Trinajstić information content (AvgIpc) is 2.32. The number of halogens is 2. The molecule has 0 spiro atoms. The molecule has 68 valence electrons. The highest BCUT2D eigenvalue weighted by atomic mass is 19.3. The van der Waals surface area contributed by atoms with E-state index < -0.39 is 6.43 Å². The fraction of sp³-hybridized carbons (Fsp3) is 0.571. The molecule has 0 bridgehead atoms. The third-order valence-electron chi connectivity index (χ3n) is 1.52. The fourth-order valence-electron chi connectivity index (χ4n) is 0.969. The molecule has 1 heterocycles. The Morgan fingerprint density at radius 3 is 2.75 bits per heavy atom. The first kappa shape index (κ1) is 9.12. The molecule has 0 fully saturated rings. The van der Waals surface area contributed by atoms with Crippen molar-refractivity contribution in [2.45, 2.75) is 19.9 Å². The number of aliphatic hydroxyl groups is 1. The summed E-state index contributed by atoms with van der Waals surface area (Å²) >= 11 is 0. The van der Waals surface area contributed by atoms with E-state index in [0.29, 0.717) is 5.56 Å². The van der Waals surface area contributed by atoms with Crippen LogP contribution in [0.1, 0.15) is 17.7 Å². The number of alkyl halides is 2. The summed E-state index contributed by atoms with van der Waals surface area (Å²) in [5.74, 6) is 0. The van der Waals surface area contributed by atoms with Gasteiger partial charge in [0.2, 0.25) is 0 Å². The van der Waals surface area contributed by atoms with E-state index in [1.807, 2.05) is 0 Å². The predicted molar refractivity (Wildman–Crippen MR) is 39.0 cm³/mol. The van der Waals surface area contributed by atoms with Gasteiger partial charge in [-0.3, -0.25) is 4.68 Å². The van der Waals surface area contributed by atoms with E-state index in [2.05, 4.69) is 5.10 Å². The lowest BCUT2D eigenvalue weighted by atomic mass is 10.3. The Morgan fingerprint density at radius 1 is 1.67 bits per heavy atom. The Balaban J connectivity index is 2.85. The summed E-state index contributed by atoms with van der Waals surface area (Å²) in [6.45, 7) is 1.74. The summed E-state index contributed by atoms with van der Waals surface area (Å²) < 4.78 is 25.6. The number of hydrogen-bond donors (Lipinski definition) is 1. The number of nitrogens with zero attached hydrogens (tertiary/aromatic N) is 2. The molecule has 0 amide bonds. The van der Waals surface area contributed by atoms with Crippen LogP contribution >= 0.6 is 0 Å². The highest BCUT2D eigenvalue weighted by Crippen LogP contribution is 2.19. The van der Waals surface area contributed by atoms with Crippen molar-refractivity contribution >= 4 is 0 Å². The van der Waals surface area contributed by atoms with E-state index in [9.17, 15) is 8.78 Å². The quantitative estimate of drug-likeness (QED) is 0.749. The zero-order chi connectivity index (χ0) is 9.14. The first-order chi connectivity index (χ1) is 5.65. The lowest BCUT2D eigenvalue weighted by Crippen LogP contribution is -2.02. The van der Waals surface area contributed by atoms with E-state index in [4.69, 9.17) is 5.11 Å². The average molecular weight is 176 g/mol. The van der Waals surface area contributed by atoms with Crippen LogP contribution in [0.15, 0.2) is 6.20 Å². The van der Waals surface area contributed by atoms with E-state index in [0.717, 1.165) is 0 Å². The maximum Gasteiger partial charge on any atom is 0.282 e. The van der Waals surface area contributed by atoms with Crippen LogP contribution < -0.4 is 0 Å². The maximum atomic E-state index is 12.1. The molecule has 5 heteroatoms. The largest absolute Gasteiger partial charge is 0.394 e. The number of aromatic nitrogens is 2. The van der Waals surface area contributed by atoms with Crippen molar-refractivity contribution < 1.29 is 13.9 Å². The van der Waals surface area contributed by atoms with Crippen LogP contribution in [0.5, 0.6) is 0 Å². The Labute approximate surface area is 68.6 Å². The Kier molecular flexibility index (Phi) is 2.75. The zero-order valence-corrected chi connectivity index (χ0v) is 6.67. The third kappa shape index (κ3) is 1.79. The summed E-state index contributed by atoms with van der Waals surface area (Å²) in [5.41, 5.74) is 0.252. The van der Waals surface area contributed by atoms with Gasteiger partial charge in [0.25, 0.3) is 6.43 Å². The second kappa shape index (κ2) is 3.62. The van der Waals surface area contributed by atoms with Crippen molar-refractivity contribution in [3.63, 3.8) is 0 Å². The fourth-order valence-corrected chi connectivity index (χ4v) is 0.969. The molecule has 0 aromatic carbocycles. The molecule has 0 saturated carbocycles. The minimum Gasteiger partial charge on any atom is -0.394 e. The molecule has 0 saturated heterocycles. The molecular formula is C7H10F2N2O. The minimum absolute atomic E-state index is 0.0935. The lowest BCUT2D eigenvalue weighted by molar-refractivity contribution is 0.143. The summed E-state index contributed by atoms with van der Waals surface area (Å²) in [5, 5.41) is 12.1. The van der Waals surface area contributed by atoms with Gasteiger partial charge in [-0.25, -0.2) is 8.78 Å². The third-order valence-corrected chi connectivity index (χ3v) is 1.52. The normalized spacial score (nSPS) is 11.1. The maximum absolute atomic E-state index is 12.1. The predicted octanol–water partition coefficient (Wildman–Crippen LogP) is 1.12. The molecule has 0 aliphatic heterocycles. The van der Waals surface area contributed by atoms with Gasteiger partial charge in [-0.1, -0.05) is 0 Å². The number of rotatable bonds is 3. The van der Waals surface area contributed by atoms with E-state index in [1.54, 1.807) is 6.92 Å². The van der Waals surface area contributed by atoms with Gasteiger partial charge in [-0.15, -0.1) is 0 Å². The van der Waals surface area contributed by atoms with Crippen molar-refractivity contribution in [2.24, 2.45) is 0 Å². The van der Waals surface area contributed by atoms with Gasteiger partial charge in [-0.2, -0.15) is 5.10 Å². The van der Waals surface area contributed by atoms with Gasteiger partial charge in [-0.05, 0) is 12.5 Å². The minimum atomic E-state index is -2.54. The van der Waals surface area contributed by atoms with Crippen LogP contribution in [0, 0.1) is 6.92 Å². The van der Waals surface area contributed by atoms with Crippen LogP contribution in [0.25, 0.3) is 0 Å². The molecule has 0 aliphatic carbocycles. The van der Waals surface area contributed by atoms with Gasteiger partial charge in [0.05, 0.1) is 13.2 Å². The summed E-state index contributed by atoms with van der Waals surface area (Å²) in [6.07, 6.45) is -1.04. The summed E-state index contributed by atoms with van der Waals surface area (Å²) in [4.78, 5) is 0.